The van der Waals surface area contributed by atoms with Gasteiger partial charge in [-0.2, -0.15) is 114 Å². The number of unbranched alkanes of at least 4 members (excludes halogenated alkanes) is 2. The maximum atomic E-state index is 14.1. The van der Waals surface area contributed by atoms with Gasteiger partial charge in [0.15, 0.2) is 19.7 Å². The first-order valence-corrected chi connectivity index (χ1v) is 20.7. The lowest BCUT2D eigenvalue weighted by molar-refractivity contribution is -0.439. The van der Waals surface area contributed by atoms with Gasteiger partial charge in [0, 0.05) is 12.8 Å². The van der Waals surface area contributed by atoms with Gasteiger partial charge in [0.05, 0.1) is 34.5 Å². The zero-order chi connectivity index (χ0) is 52.7. The largest absolute Gasteiger partial charge is 0.494 e. The molecule has 0 heterocycles. The standard InChI is InChI=1S/C33H26F26O6S2/c34-22(35,24(38,39)26(42,43)28(46,47)30(50,51)32(54,55)56)12-16-66(60,61)20-8-4-18(5-9-20)64-14-2-1-3-15-65-19-6-10-21(11-7-19)67(62,63)17-13-23(36,37)25(40,41)27(44,45)29(48,49)31(52,53)33(57,58)59/h4-11H,1-3,12-17H2. The Hall–Kier alpha value is -3.88. The lowest BCUT2D eigenvalue weighted by Gasteiger charge is -2.39. The third-order valence-electron chi connectivity index (χ3n) is 9.06. The number of halogens is 26. The van der Waals surface area contributed by atoms with Gasteiger partial charge >= 0.3 is 71.6 Å². The highest BCUT2D eigenvalue weighted by atomic mass is 32.2. The minimum absolute atomic E-state index is 0.153. The summed E-state index contributed by atoms with van der Waals surface area (Å²) in [6, 6.07) is 5.62. The number of rotatable bonds is 24. The van der Waals surface area contributed by atoms with E-state index in [2.05, 4.69) is 0 Å². The van der Waals surface area contributed by atoms with E-state index in [0.717, 1.165) is 24.3 Å². The van der Waals surface area contributed by atoms with Gasteiger partial charge in [0.25, 0.3) is 0 Å². The van der Waals surface area contributed by atoms with Crippen molar-refractivity contribution in [1.29, 1.82) is 0 Å². The van der Waals surface area contributed by atoms with Crippen LogP contribution in [0.5, 0.6) is 11.5 Å². The van der Waals surface area contributed by atoms with Crippen molar-refractivity contribution in [3.8, 4) is 11.5 Å². The fourth-order valence-electron chi connectivity index (χ4n) is 4.93. The molecule has 0 aliphatic carbocycles. The number of hydrogen-bond donors (Lipinski definition) is 0. The number of alkyl halides is 26. The van der Waals surface area contributed by atoms with E-state index in [4.69, 9.17) is 9.47 Å². The van der Waals surface area contributed by atoms with Gasteiger partial charge < -0.3 is 9.47 Å². The molecule has 0 radical (unpaired) electrons. The average molecular weight is 1080 g/mol. The molecule has 0 bridgehead atoms. The Morgan fingerprint density at radius 1 is 0.328 bits per heavy atom. The topological polar surface area (TPSA) is 86.7 Å². The Bertz CT molecular complexity index is 2050. The Balaban J connectivity index is 1.92. The Labute approximate surface area is 358 Å². The van der Waals surface area contributed by atoms with Crippen molar-refractivity contribution in [2.45, 2.75) is 113 Å². The highest BCUT2D eigenvalue weighted by Gasteiger charge is 2.92. The molecular weight excluding hydrogens is 1050 g/mol. The third-order valence-corrected chi connectivity index (χ3v) is 12.5. The zero-order valence-corrected chi connectivity index (χ0v) is 33.7. The molecule has 0 amide bonds. The van der Waals surface area contributed by atoms with E-state index >= 15 is 0 Å². The molecular formula is C33H26F26O6S2. The summed E-state index contributed by atoms with van der Waals surface area (Å²) < 4.78 is 406. The molecule has 2 aromatic carbocycles. The van der Waals surface area contributed by atoms with Crippen LogP contribution < -0.4 is 9.47 Å². The number of hydrogen-bond acceptors (Lipinski definition) is 6. The molecule has 0 aromatic heterocycles. The minimum Gasteiger partial charge on any atom is -0.494 e. The van der Waals surface area contributed by atoms with Gasteiger partial charge in [-0.3, -0.25) is 0 Å². The van der Waals surface area contributed by atoms with E-state index in [1.807, 2.05) is 0 Å². The van der Waals surface area contributed by atoms with E-state index < -0.39 is 125 Å². The van der Waals surface area contributed by atoms with E-state index in [1.165, 1.54) is 0 Å². The molecule has 67 heavy (non-hydrogen) atoms. The maximum Gasteiger partial charge on any atom is 0.460 e. The van der Waals surface area contributed by atoms with Gasteiger partial charge in [-0.05, 0) is 67.8 Å². The first-order chi connectivity index (χ1) is 29.6. The van der Waals surface area contributed by atoms with Gasteiger partial charge in [0.1, 0.15) is 11.5 Å². The molecule has 34 heteroatoms. The molecule has 2 rings (SSSR count). The van der Waals surface area contributed by atoms with E-state index in [0.29, 0.717) is 24.3 Å². The summed E-state index contributed by atoms with van der Waals surface area (Å²) in [5, 5.41) is 0. The highest BCUT2D eigenvalue weighted by Crippen LogP contribution is 2.62. The zero-order valence-electron chi connectivity index (χ0n) is 32.1. The normalized spacial score (nSPS) is 15.2. The Morgan fingerprint density at radius 2 is 0.567 bits per heavy atom. The van der Waals surface area contributed by atoms with Crippen molar-refractivity contribution in [3.05, 3.63) is 48.5 Å². The second kappa shape index (κ2) is 18.8. The molecule has 0 spiro atoms. The molecule has 0 aliphatic rings. The SMILES string of the molecule is O=S(=O)(CCC(F)(F)C(F)(F)C(F)(F)C(F)(F)C(F)(F)C(F)(F)F)c1ccc(OCCCCCOc2ccc(S(=O)(=O)CCC(F)(F)C(F)(F)C(F)(F)C(F)(F)C(F)(F)C(F)(F)F)cc2)cc1. The van der Waals surface area contributed by atoms with Crippen LogP contribution in [-0.4, -0.2) is 113 Å². The third kappa shape index (κ3) is 11.1. The van der Waals surface area contributed by atoms with Crippen LogP contribution in [0.25, 0.3) is 0 Å². The second-order valence-electron chi connectivity index (χ2n) is 13.8. The lowest BCUT2D eigenvalue weighted by Crippen LogP contribution is -2.70. The molecule has 2 aromatic rings. The molecule has 0 aliphatic heterocycles. The molecule has 0 unspecified atom stereocenters. The van der Waals surface area contributed by atoms with Crippen LogP contribution in [0.15, 0.2) is 58.3 Å². The van der Waals surface area contributed by atoms with Crippen molar-refractivity contribution in [3.63, 3.8) is 0 Å². The number of benzene rings is 2. The summed E-state index contributed by atoms with van der Waals surface area (Å²) in [6.07, 6.45) is -20.7. The molecule has 388 valence electrons. The highest BCUT2D eigenvalue weighted by molar-refractivity contribution is 7.91. The van der Waals surface area contributed by atoms with Gasteiger partial charge in [-0.15, -0.1) is 0 Å². The molecule has 0 saturated carbocycles. The predicted molar refractivity (Wildman–Crippen MR) is 173 cm³/mol. The molecule has 0 saturated heterocycles. The van der Waals surface area contributed by atoms with Crippen molar-refractivity contribution in [1.82, 2.24) is 0 Å². The van der Waals surface area contributed by atoms with E-state index in [1.54, 1.807) is 0 Å². The van der Waals surface area contributed by atoms with Crippen LogP contribution in [0.2, 0.25) is 0 Å². The predicted octanol–water partition coefficient (Wildman–Crippen LogP) is 12.1. The van der Waals surface area contributed by atoms with Crippen LogP contribution in [0.4, 0.5) is 114 Å². The first kappa shape index (κ1) is 59.2. The fraction of sp³-hybridized carbons (Fsp3) is 0.636. The fourth-order valence-corrected chi connectivity index (χ4v) is 7.55. The van der Waals surface area contributed by atoms with Crippen LogP contribution in [0, 0.1) is 0 Å². The van der Waals surface area contributed by atoms with Crippen molar-refractivity contribution < 1.29 is 140 Å². The Kier molecular flexibility index (Phi) is 16.6. The summed E-state index contributed by atoms with van der Waals surface area (Å²) in [6.45, 7) is -0.367. The molecule has 0 atom stereocenters. The molecule has 0 fully saturated rings. The monoisotopic (exact) mass is 1080 g/mol. The number of sulfone groups is 2. The van der Waals surface area contributed by atoms with Crippen LogP contribution >= 0.6 is 0 Å². The van der Waals surface area contributed by atoms with Gasteiger partial charge in [0.2, 0.25) is 0 Å². The molecule has 0 N–H and O–H groups in total. The summed E-state index contributed by atoms with van der Waals surface area (Å²) in [5.74, 6) is -82.0. The maximum absolute atomic E-state index is 14.1. The Morgan fingerprint density at radius 3 is 0.806 bits per heavy atom. The summed E-state index contributed by atoms with van der Waals surface area (Å²) in [7, 11) is -10.4. The lowest BCUT2D eigenvalue weighted by atomic mass is 9.93. The average Bonchev–Trinajstić information content (AvgIpc) is 3.18. The number of ether oxygens (including phenoxy) is 2. The van der Waals surface area contributed by atoms with Crippen molar-refractivity contribution >= 4 is 19.7 Å². The smallest absolute Gasteiger partial charge is 0.460 e. The van der Waals surface area contributed by atoms with Crippen LogP contribution in [0.1, 0.15) is 32.1 Å². The minimum atomic E-state index is -8.17. The first-order valence-electron chi connectivity index (χ1n) is 17.4. The van der Waals surface area contributed by atoms with E-state index in [-0.39, 0.29) is 44.0 Å². The molecule has 6 nitrogen and oxygen atoms in total. The van der Waals surface area contributed by atoms with Crippen LogP contribution in [0.3, 0.4) is 0 Å². The quantitative estimate of drug-likeness (QED) is 0.0769. The summed E-state index contributed by atoms with van der Waals surface area (Å²) in [5.41, 5.74) is 0. The second-order valence-corrected chi connectivity index (χ2v) is 18.1. The van der Waals surface area contributed by atoms with Crippen molar-refractivity contribution in [2.75, 3.05) is 24.7 Å². The van der Waals surface area contributed by atoms with Crippen molar-refractivity contribution in [2.24, 2.45) is 0 Å². The van der Waals surface area contributed by atoms with Crippen LogP contribution in [-0.2, 0) is 19.7 Å². The van der Waals surface area contributed by atoms with Gasteiger partial charge in [-0.1, -0.05) is 0 Å². The van der Waals surface area contributed by atoms with E-state index in [9.17, 15) is 131 Å². The van der Waals surface area contributed by atoms with Gasteiger partial charge in [-0.25, -0.2) is 16.8 Å². The summed E-state index contributed by atoms with van der Waals surface area (Å²) in [4.78, 5) is -2.02. The summed E-state index contributed by atoms with van der Waals surface area (Å²) >= 11 is 0.